The molecule has 0 spiro atoms. The number of aromatic amines is 1. The molecule has 1 aromatic heterocycles. The van der Waals surface area contributed by atoms with Crippen LogP contribution in [0.25, 0.3) is 0 Å². The van der Waals surface area contributed by atoms with Gasteiger partial charge in [-0.05, 0) is 31.5 Å². The summed E-state index contributed by atoms with van der Waals surface area (Å²) >= 11 is 0. The Balaban J connectivity index is 1.80. The topological polar surface area (TPSA) is 58.2 Å². The van der Waals surface area contributed by atoms with E-state index in [0.717, 1.165) is 23.4 Å². The molecule has 26 heavy (non-hydrogen) atoms. The van der Waals surface area contributed by atoms with Crippen molar-refractivity contribution in [1.29, 1.82) is 0 Å². The average Bonchev–Trinajstić information content (AvgIpc) is 2.97. The number of rotatable bonds is 3. The molecule has 2 aromatic rings. The molecule has 0 radical (unpaired) electrons. The minimum absolute atomic E-state index is 0.0320. The fourth-order valence-corrected chi connectivity index (χ4v) is 3.22. The van der Waals surface area contributed by atoms with Crippen LogP contribution in [0.5, 0.6) is 0 Å². The second-order valence-corrected chi connectivity index (χ2v) is 6.62. The molecule has 2 atom stereocenters. The molecule has 0 aliphatic carbocycles. The number of nitrogens with zero attached hydrogens (tertiary/aromatic N) is 2. The molecule has 0 saturated carbocycles. The van der Waals surface area contributed by atoms with Gasteiger partial charge >= 0.3 is 6.18 Å². The van der Waals surface area contributed by atoms with Crippen LogP contribution in [0.4, 0.5) is 13.2 Å². The first kappa shape index (κ1) is 18.4. The van der Waals surface area contributed by atoms with Crippen molar-refractivity contribution >= 4 is 5.91 Å². The number of halogens is 3. The number of ether oxygens (including phenoxy) is 1. The summed E-state index contributed by atoms with van der Waals surface area (Å²) in [5, 5.41) is 6.98. The zero-order valence-electron chi connectivity index (χ0n) is 14.7. The minimum Gasteiger partial charge on any atom is -0.369 e. The molecule has 1 N–H and O–H groups in total. The molecular weight excluding hydrogens is 347 g/mol. The van der Waals surface area contributed by atoms with Gasteiger partial charge in [0.2, 0.25) is 0 Å². The van der Waals surface area contributed by atoms with Crippen molar-refractivity contribution in [2.75, 3.05) is 7.05 Å². The maximum atomic E-state index is 12.8. The van der Waals surface area contributed by atoms with E-state index in [-0.39, 0.29) is 24.7 Å². The summed E-state index contributed by atoms with van der Waals surface area (Å²) in [5.41, 5.74) is 1.57. The zero-order chi connectivity index (χ0) is 19.1. The van der Waals surface area contributed by atoms with Gasteiger partial charge in [0.25, 0.3) is 5.91 Å². The van der Waals surface area contributed by atoms with Crippen LogP contribution in [0.2, 0.25) is 0 Å². The number of benzene rings is 1. The van der Waals surface area contributed by atoms with Gasteiger partial charge in [0.15, 0.2) is 5.69 Å². The summed E-state index contributed by atoms with van der Waals surface area (Å²) in [5.74, 6) is -0.332. The lowest BCUT2D eigenvalue weighted by atomic mass is 9.99. The molecule has 1 aliphatic heterocycles. The van der Waals surface area contributed by atoms with Crippen LogP contribution in [0.15, 0.2) is 24.3 Å². The predicted octanol–water partition coefficient (Wildman–Crippen LogP) is 3.72. The van der Waals surface area contributed by atoms with Gasteiger partial charge in [-0.2, -0.15) is 18.3 Å². The molecule has 140 valence electrons. The number of fused-ring (bicyclic) bond motifs is 1. The van der Waals surface area contributed by atoms with Crippen molar-refractivity contribution in [2.45, 2.75) is 45.2 Å². The largest absolute Gasteiger partial charge is 0.416 e. The van der Waals surface area contributed by atoms with E-state index in [9.17, 15) is 18.0 Å². The maximum Gasteiger partial charge on any atom is 0.416 e. The Kier molecular flexibility index (Phi) is 4.79. The minimum atomic E-state index is -4.41. The summed E-state index contributed by atoms with van der Waals surface area (Å²) in [6, 6.07) is 4.98. The van der Waals surface area contributed by atoms with Gasteiger partial charge in [-0.3, -0.25) is 9.89 Å². The van der Waals surface area contributed by atoms with Gasteiger partial charge in [-0.25, -0.2) is 0 Å². The Morgan fingerprint density at radius 2 is 2.12 bits per heavy atom. The lowest BCUT2D eigenvalue weighted by molar-refractivity contribution is -0.137. The number of aromatic nitrogens is 2. The van der Waals surface area contributed by atoms with Gasteiger partial charge < -0.3 is 9.64 Å². The summed E-state index contributed by atoms with van der Waals surface area (Å²) in [7, 11) is 1.55. The summed E-state index contributed by atoms with van der Waals surface area (Å²) in [4.78, 5) is 14.1. The van der Waals surface area contributed by atoms with Crippen LogP contribution in [-0.4, -0.2) is 34.2 Å². The second-order valence-electron chi connectivity index (χ2n) is 6.62. The Bertz CT molecular complexity index is 816. The Hall–Kier alpha value is -2.35. The fraction of sp³-hybridized carbons (Fsp3) is 0.444. The van der Waals surface area contributed by atoms with Gasteiger partial charge in [0.05, 0.1) is 23.5 Å². The molecule has 2 heterocycles. The number of nitrogens with one attached hydrogen (secondary N) is 1. The molecule has 3 rings (SSSR count). The molecule has 1 amide bonds. The number of carbonyl (C=O) groups is 1. The molecule has 0 saturated heterocycles. The van der Waals surface area contributed by atoms with Crippen molar-refractivity contribution in [3.05, 3.63) is 52.3 Å². The van der Waals surface area contributed by atoms with Gasteiger partial charge in [-0.15, -0.1) is 0 Å². The predicted molar refractivity (Wildman–Crippen MR) is 88.5 cm³/mol. The van der Waals surface area contributed by atoms with Crippen LogP contribution in [0.3, 0.4) is 0 Å². The second kappa shape index (κ2) is 6.75. The summed E-state index contributed by atoms with van der Waals surface area (Å²) < 4.78 is 44.2. The summed E-state index contributed by atoms with van der Waals surface area (Å²) in [6.07, 6.45) is -4.06. The van der Waals surface area contributed by atoms with Crippen LogP contribution in [0, 0.1) is 0 Å². The quantitative estimate of drug-likeness (QED) is 0.899. The molecule has 1 aliphatic rings. The van der Waals surface area contributed by atoms with Crippen molar-refractivity contribution in [1.82, 2.24) is 15.1 Å². The Morgan fingerprint density at radius 3 is 2.81 bits per heavy atom. The van der Waals surface area contributed by atoms with Crippen molar-refractivity contribution < 1.29 is 22.7 Å². The molecule has 1 aromatic carbocycles. The van der Waals surface area contributed by atoms with Gasteiger partial charge in [0, 0.05) is 25.6 Å². The normalized spacial score (nSPS) is 19.9. The molecular formula is C18H20F3N3O2. The number of H-pyrrole nitrogens is 1. The third-order valence-electron chi connectivity index (χ3n) is 4.46. The number of alkyl halides is 3. The highest BCUT2D eigenvalue weighted by Gasteiger charge is 2.32. The van der Waals surface area contributed by atoms with Crippen LogP contribution < -0.4 is 0 Å². The molecule has 8 heteroatoms. The third-order valence-corrected chi connectivity index (χ3v) is 4.46. The van der Waals surface area contributed by atoms with E-state index in [1.165, 1.54) is 11.0 Å². The molecule has 0 fully saturated rings. The third kappa shape index (κ3) is 3.60. The first-order valence-electron chi connectivity index (χ1n) is 8.31. The highest BCUT2D eigenvalue weighted by atomic mass is 19.4. The van der Waals surface area contributed by atoms with Gasteiger partial charge in [0.1, 0.15) is 0 Å². The van der Waals surface area contributed by atoms with Crippen molar-refractivity contribution in [3.8, 4) is 0 Å². The van der Waals surface area contributed by atoms with Crippen LogP contribution >= 0.6 is 0 Å². The number of carbonyl (C=O) groups excluding carboxylic acids is 1. The van der Waals surface area contributed by atoms with E-state index < -0.39 is 11.7 Å². The Labute approximate surface area is 149 Å². The summed E-state index contributed by atoms with van der Waals surface area (Å²) in [6.45, 7) is 3.87. The maximum absolute atomic E-state index is 12.8. The highest BCUT2D eigenvalue weighted by Crippen LogP contribution is 2.31. The molecule has 5 nitrogen and oxygen atoms in total. The van der Waals surface area contributed by atoms with E-state index in [4.69, 9.17) is 4.74 Å². The number of hydrogen-bond donors (Lipinski definition) is 1. The standard InChI is InChI=1S/C18H20F3N3O2/c1-10-7-14-15(11(2)26-10)22-23-16(14)17(25)24(3)9-12-5-4-6-13(8-12)18(19,20)21/h4-6,8,10-11H,7,9H2,1-3H3,(H,22,23)/t10-,11+/m1/s1. The SMILES string of the molecule is C[C@@H]1Cc2c(C(=O)N(C)Cc3cccc(C(F)(F)F)c3)n[nH]c2[C@H](C)O1. The number of hydrogen-bond acceptors (Lipinski definition) is 3. The van der Waals surface area contributed by atoms with E-state index in [0.29, 0.717) is 17.7 Å². The van der Waals surface area contributed by atoms with E-state index in [1.807, 2.05) is 13.8 Å². The molecule has 0 bridgehead atoms. The monoisotopic (exact) mass is 367 g/mol. The van der Waals surface area contributed by atoms with Crippen LogP contribution in [0.1, 0.15) is 52.8 Å². The average molecular weight is 367 g/mol. The smallest absolute Gasteiger partial charge is 0.369 e. The highest BCUT2D eigenvalue weighted by molar-refractivity contribution is 5.94. The van der Waals surface area contributed by atoms with E-state index in [2.05, 4.69) is 10.2 Å². The fourth-order valence-electron chi connectivity index (χ4n) is 3.22. The Morgan fingerprint density at radius 1 is 1.38 bits per heavy atom. The zero-order valence-corrected chi connectivity index (χ0v) is 14.7. The lowest BCUT2D eigenvalue weighted by Gasteiger charge is -2.25. The lowest BCUT2D eigenvalue weighted by Crippen LogP contribution is -2.29. The van der Waals surface area contributed by atoms with Crippen molar-refractivity contribution in [2.24, 2.45) is 0 Å². The van der Waals surface area contributed by atoms with Gasteiger partial charge in [-0.1, -0.05) is 12.1 Å². The van der Waals surface area contributed by atoms with Crippen molar-refractivity contribution in [3.63, 3.8) is 0 Å². The first-order valence-corrected chi connectivity index (χ1v) is 8.31. The first-order chi connectivity index (χ1) is 12.2. The van der Waals surface area contributed by atoms with Crippen LogP contribution in [-0.2, 0) is 23.9 Å². The van der Waals surface area contributed by atoms with E-state index >= 15 is 0 Å². The molecule has 0 unspecified atom stereocenters. The van der Waals surface area contributed by atoms with E-state index in [1.54, 1.807) is 13.1 Å². The number of amides is 1.